The Morgan fingerprint density at radius 1 is 1.47 bits per heavy atom. The van der Waals surface area contributed by atoms with Gasteiger partial charge in [0.25, 0.3) is 0 Å². The molecule has 0 saturated heterocycles. The number of hydrogen-bond acceptors (Lipinski definition) is 3. The molecule has 0 aromatic carbocycles. The quantitative estimate of drug-likeness (QED) is 0.553. The maximum Gasteiger partial charge on any atom is 0.241 e. The fourth-order valence-electron chi connectivity index (χ4n) is 2.57. The van der Waals surface area contributed by atoms with Gasteiger partial charge in [0.2, 0.25) is 6.33 Å². The lowest BCUT2D eigenvalue weighted by atomic mass is 10.1. The molecule has 0 bridgehead atoms. The van der Waals surface area contributed by atoms with Crippen LogP contribution in [0.1, 0.15) is 25.0 Å². The van der Waals surface area contributed by atoms with E-state index in [1.165, 1.54) is 18.5 Å². The van der Waals surface area contributed by atoms with Crippen LogP contribution < -0.4 is 15.6 Å². The summed E-state index contributed by atoms with van der Waals surface area (Å²) < 4.78 is 4.19. The fraction of sp³-hybridized carbons (Fsp3) is 0.538. The third-order valence-electron chi connectivity index (χ3n) is 3.62. The summed E-state index contributed by atoms with van der Waals surface area (Å²) in [6.07, 6.45) is 10.4. The Bertz CT molecular complexity index is 528. The highest BCUT2D eigenvalue weighted by atomic mass is 15.3. The molecule has 0 amide bonds. The number of nitrogen functional groups attached to an aromatic ring is 1. The monoisotopic (exact) mass is 261 g/mol. The van der Waals surface area contributed by atoms with Gasteiger partial charge in [0.05, 0.1) is 17.9 Å². The average molecular weight is 261 g/mol. The minimum absolute atomic E-state index is 0.842. The van der Waals surface area contributed by atoms with Crippen molar-refractivity contribution in [1.82, 2.24) is 14.8 Å². The van der Waals surface area contributed by atoms with Crippen molar-refractivity contribution < 1.29 is 4.57 Å². The van der Waals surface area contributed by atoms with E-state index in [0.29, 0.717) is 0 Å². The van der Waals surface area contributed by atoms with Crippen molar-refractivity contribution in [2.75, 3.05) is 17.6 Å². The van der Waals surface area contributed by atoms with Crippen LogP contribution in [0.4, 0.5) is 11.5 Å². The zero-order valence-electron chi connectivity index (χ0n) is 11.1. The Labute approximate surface area is 112 Å². The van der Waals surface area contributed by atoms with E-state index in [1.807, 2.05) is 18.7 Å². The minimum atomic E-state index is 0.842. The summed E-state index contributed by atoms with van der Waals surface area (Å²) in [6.45, 7) is 2.88. The number of imidazole rings is 1. The number of aromatic amines is 1. The fourth-order valence-corrected chi connectivity index (χ4v) is 2.57. The number of aromatic nitrogens is 4. The van der Waals surface area contributed by atoms with Crippen LogP contribution in [0.15, 0.2) is 18.7 Å². The molecule has 3 rings (SSSR count). The van der Waals surface area contributed by atoms with Gasteiger partial charge in [0.15, 0.2) is 5.82 Å². The normalized spacial score (nSPS) is 14.3. The lowest BCUT2D eigenvalue weighted by molar-refractivity contribution is -0.695. The Hall–Kier alpha value is -1.98. The number of nitrogens with zero attached hydrogens (tertiary/aromatic N) is 3. The highest BCUT2D eigenvalue weighted by molar-refractivity contribution is 5.64. The largest absolute Gasteiger partial charge is 0.394 e. The number of nitrogens with two attached hydrogens (primary N) is 1. The van der Waals surface area contributed by atoms with Crippen molar-refractivity contribution in [2.24, 2.45) is 0 Å². The molecule has 0 fully saturated rings. The van der Waals surface area contributed by atoms with Gasteiger partial charge in [0, 0.05) is 19.5 Å². The van der Waals surface area contributed by atoms with Crippen LogP contribution in [0.25, 0.3) is 0 Å². The van der Waals surface area contributed by atoms with E-state index in [1.54, 1.807) is 0 Å². The van der Waals surface area contributed by atoms with Gasteiger partial charge in [-0.1, -0.05) is 0 Å². The smallest absolute Gasteiger partial charge is 0.241 e. The van der Waals surface area contributed by atoms with E-state index in [0.717, 1.165) is 44.0 Å². The average Bonchev–Trinajstić information content (AvgIpc) is 3.04. The molecular formula is C13H21N6+. The SMILES string of the molecule is Nc1c(NCCC[n+]2cc[nH]c2)nn2c1CCCC2. The number of H-pyrrole nitrogens is 1. The van der Waals surface area contributed by atoms with Gasteiger partial charge in [-0.25, -0.2) is 4.57 Å². The van der Waals surface area contributed by atoms with Crippen molar-refractivity contribution in [3.63, 3.8) is 0 Å². The van der Waals surface area contributed by atoms with Gasteiger partial charge in [-0.2, -0.15) is 5.10 Å². The van der Waals surface area contributed by atoms with Crippen molar-refractivity contribution in [1.29, 1.82) is 0 Å². The molecular weight excluding hydrogens is 240 g/mol. The predicted molar refractivity (Wildman–Crippen MR) is 73.7 cm³/mol. The molecule has 19 heavy (non-hydrogen) atoms. The summed E-state index contributed by atoms with van der Waals surface area (Å²) in [4.78, 5) is 3.04. The molecule has 0 unspecified atom stereocenters. The topological polar surface area (TPSA) is 75.5 Å². The molecule has 1 aliphatic rings. The van der Waals surface area contributed by atoms with Crippen LogP contribution >= 0.6 is 0 Å². The Balaban J connectivity index is 1.54. The van der Waals surface area contributed by atoms with E-state index >= 15 is 0 Å². The second-order valence-electron chi connectivity index (χ2n) is 5.02. The Morgan fingerprint density at radius 2 is 2.42 bits per heavy atom. The van der Waals surface area contributed by atoms with E-state index < -0.39 is 0 Å². The zero-order valence-corrected chi connectivity index (χ0v) is 11.1. The summed E-state index contributed by atoms with van der Waals surface area (Å²) in [5.41, 5.74) is 8.19. The summed E-state index contributed by atoms with van der Waals surface area (Å²) in [5.74, 6) is 0.857. The summed E-state index contributed by atoms with van der Waals surface area (Å²) >= 11 is 0. The van der Waals surface area contributed by atoms with E-state index in [9.17, 15) is 0 Å². The zero-order chi connectivity index (χ0) is 13.1. The van der Waals surface area contributed by atoms with Crippen molar-refractivity contribution >= 4 is 11.5 Å². The summed E-state index contributed by atoms with van der Waals surface area (Å²) in [7, 11) is 0. The lowest BCUT2D eigenvalue weighted by Crippen LogP contribution is -2.31. The predicted octanol–water partition coefficient (Wildman–Crippen LogP) is 0.919. The molecule has 102 valence electrons. The molecule has 6 heteroatoms. The number of rotatable bonds is 5. The van der Waals surface area contributed by atoms with Gasteiger partial charge in [-0.05, 0) is 19.3 Å². The van der Waals surface area contributed by atoms with Gasteiger partial charge >= 0.3 is 0 Å². The van der Waals surface area contributed by atoms with E-state index in [4.69, 9.17) is 5.73 Å². The second-order valence-corrected chi connectivity index (χ2v) is 5.02. The van der Waals surface area contributed by atoms with Crippen LogP contribution in [0.5, 0.6) is 0 Å². The molecule has 0 saturated carbocycles. The summed E-state index contributed by atoms with van der Waals surface area (Å²) in [5, 5.41) is 7.90. The first-order valence-electron chi connectivity index (χ1n) is 6.95. The number of fused-ring (bicyclic) bond motifs is 1. The minimum Gasteiger partial charge on any atom is -0.394 e. The first kappa shape index (κ1) is 12.1. The molecule has 2 aromatic heterocycles. The maximum atomic E-state index is 6.14. The Morgan fingerprint density at radius 3 is 3.21 bits per heavy atom. The number of anilines is 2. The third kappa shape index (κ3) is 2.57. The molecule has 0 atom stereocenters. The van der Waals surface area contributed by atoms with Crippen LogP contribution in [-0.2, 0) is 19.5 Å². The lowest BCUT2D eigenvalue weighted by Gasteiger charge is -2.12. The number of nitrogens with one attached hydrogen (secondary N) is 2. The van der Waals surface area contributed by atoms with E-state index in [2.05, 4.69) is 24.6 Å². The number of hydrogen-bond donors (Lipinski definition) is 3. The van der Waals surface area contributed by atoms with Crippen LogP contribution in [0, 0.1) is 0 Å². The highest BCUT2D eigenvalue weighted by Gasteiger charge is 2.17. The second kappa shape index (κ2) is 5.34. The van der Waals surface area contributed by atoms with Crippen LogP contribution in [0.3, 0.4) is 0 Å². The molecule has 0 spiro atoms. The van der Waals surface area contributed by atoms with Crippen molar-refractivity contribution in [3.8, 4) is 0 Å². The van der Waals surface area contributed by atoms with Gasteiger partial charge in [-0.15, -0.1) is 0 Å². The number of aryl methyl sites for hydroxylation is 2. The van der Waals surface area contributed by atoms with Crippen molar-refractivity contribution in [2.45, 2.75) is 38.8 Å². The molecule has 6 nitrogen and oxygen atoms in total. The highest BCUT2D eigenvalue weighted by Crippen LogP contribution is 2.26. The van der Waals surface area contributed by atoms with Crippen LogP contribution in [0.2, 0.25) is 0 Å². The third-order valence-corrected chi connectivity index (χ3v) is 3.62. The first-order chi connectivity index (χ1) is 9.34. The maximum absolute atomic E-state index is 6.14. The van der Waals surface area contributed by atoms with Gasteiger partial charge < -0.3 is 11.1 Å². The van der Waals surface area contributed by atoms with Gasteiger partial charge in [0.1, 0.15) is 12.4 Å². The molecule has 0 radical (unpaired) electrons. The molecule has 3 heterocycles. The Kier molecular flexibility index (Phi) is 3.39. The molecule has 1 aliphatic heterocycles. The first-order valence-corrected chi connectivity index (χ1v) is 6.95. The summed E-state index contributed by atoms with van der Waals surface area (Å²) in [6, 6.07) is 0. The molecule has 0 aliphatic carbocycles. The molecule has 4 N–H and O–H groups in total. The van der Waals surface area contributed by atoms with E-state index in [-0.39, 0.29) is 0 Å². The molecule has 2 aromatic rings. The van der Waals surface area contributed by atoms with Crippen molar-refractivity contribution in [3.05, 3.63) is 24.4 Å². The van der Waals surface area contributed by atoms with Gasteiger partial charge in [-0.3, -0.25) is 9.67 Å². The van der Waals surface area contributed by atoms with Crippen LogP contribution in [-0.4, -0.2) is 21.3 Å². The standard InChI is InChI=1S/C13H20N6/c14-12-11-4-1-2-8-19(11)17-13(12)16-5-3-7-18-9-6-15-10-18/h6,9-10H,1-5,7-8,14H2,(H,16,17)/p+1.